The van der Waals surface area contributed by atoms with Gasteiger partial charge in [0.2, 0.25) is 0 Å². The van der Waals surface area contributed by atoms with E-state index in [9.17, 15) is 4.79 Å². The molecule has 0 unspecified atom stereocenters. The summed E-state index contributed by atoms with van der Waals surface area (Å²) in [5.74, 6) is 1.82. The van der Waals surface area contributed by atoms with Crippen LogP contribution in [0.25, 0.3) is 10.8 Å². The zero-order valence-electron chi connectivity index (χ0n) is 16.8. The third-order valence-corrected chi connectivity index (χ3v) is 4.70. The SMILES string of the molecule is C=C(C)C(=O)Oc1c(Oc2ccccc2)cc(Oc2ccccc2)c2cc(Cl)ccc12. The quantitative estimate of drug-likeness (QED) is 0.180. The number of halogens is 1. The fraction of sp³-hybridized carbons (Fsp3) is 0.0385. The van der Waals surface area contributed by atoms with Crippen molar-refractivity contribution < 1.29 is 19.0 Å². The molecule has 0 atom stereocenters. The molecular formula is C26H19ClO4. The number of carbonyl (C=O) groups is 1. The molecule has 0 aliphatic carbocycles. The van der Waals surface area contributed by atoms with Gasteiger partial charge in [-0.2, -0.15) is 0 Å². The zero-order valence-corrected chi connectivity index (χ0v) is 17.6. The van der Waals surface area contributed by atoms with Crippen molar-refractivity contribution in [1.82, 2.24) is 0 Å². The molecule has 4 rings (SSSR count). The van der Waals surface area contributed by atoms with E-state index in [2.05, 4.69) is 6.58 Å². The highest BCUT2D eigenvalue weighted by Crippen LogP contribution is 2.45. The molecule has 31 heavy (non-hydrogen) atoms. The molecule has 4 aromatic carbocycles. The van der Waals surface area contributed by atoms with Crippen LogP contribution in [0.3, 0.4) is 0 Å². The summed E-state index contributed by atoms with van der Waals surface area (Å²) in [5, 5.41) is 1.83. The van der Waals surface area contributed by atoms with Crippen molar-refractivity contribution in [3.63, 3.8) is 0 Å². The Bertz CT molecular complexity index is 1250. The lowest BCUT2D eigenvalue weighted by molar-refractivity contribution is -0.130. The summed E-state index contributed by atoms with van der Waals surface area (Å²) >= 11 is 6.26. The summed E-state index contributed by atoms with van der Waals surface area (Å²) in [4.78, 5) is 12.4. The largest absolute Gasteiger partial charge is 0.457 e. The zero-order chi connectivity index (χ0) is 21.8. The van der Waals surface area contributed by atoms with Crippen molar-refractivity contribution in [3.8, 4) is 28.7 Å². The van der Waals surface area contributed by atoms with Gasteiger partial charge in [0.25, 0.3) is 0 Å². The van der Waals surface area contributed by atoms with Crippen LogP contribution in [0.2, 0.25) is 5.02 Å². The Hall–Kier alpha value is -3.76. The highest BCUT2D eigenvalue weighted by atomic mass is 35.5. The topological polar surface area (TPSA) is 44.8 Å². The standard InChI is InChI=1S/C26H19ClO4/c1-17(2)26(28)31-25-21-14-13-18(27)15-22(21)23(29-19-9-5-3-6-10-19)16-24(25)30-20-11-7-4-8-12-20/h3-16H,1H2,2H3. The molecule has 0 radical (unpaired) electrons. The molecule has 4 aromatic rings. The molecule has 0 amide bonds. The first-order valence-corrected chi connectivity index (χ1v) is 9.99. The highest BCUT2D eigenvalue weighted by molar-refractivity contribution is 6.31. The van der Waals surface area contributed by atoms with Crippen LogP contribution in [0.4, 0.5) is 0 Å². The Morgan fingerprint density at radius 1 is 0.774 bits per heavy atom. The molecule has 0 aliphatic rings. The minimum Gasteiger partial charge on any atom is -0.457 e. The lowest BCUT2D eigenvalue weighted by Crippen LogP contribution is -2.09. The summed E-state index contributed by atoms with van der Waals surface area (Å²) in [6, 6.07) is 25.6. The molecule has 0 bridgehead atoms. The van der Waals surface area contributed by atoms with Crippen LogP contribution in [0.1, 0.15) is 6.92 Å². The van der Waals surface area contributed by atoms with Crippen LogP contribution in [0, 0.1) is 0 Å². The Kier molecular flexibility index (Phi) is 5.92. The maximum absolute atomic E-state index is 12.4. The first-order valence-electron chi connectivity index (χ1n) is 9.61. The fourth-order valence-electron chi connectivity index (χ4n) is 2.99. The molecule has 0 heterocycles. The monoisotopic (exact) mass is 430 g/mol. The van der Waals surface area contributed by atoms with Crippen LogP contribution in [0.5, 0.6) is 28.7 Å². The van der Waals surface area contributed by atoms with E-state index in [0.717, 1.165) is 0 Å². The van der Waals surface area contributed by atoms with Gasteiger partial charge in [-0.3, -0.25) is 0 Å². The second-order valence-electron chi connectivity index (χ2n) is 6.89. The Morgan fingerprint density at radius 3 is 1.94 bits per heavy atom. The molecule has 0 aromatic heterocycles. The average molecular weight is 431 g/mol. The second-order valence-corrected chi connectivity index (χ2v) is 7.33. The van der Waals surface area contributed by atoms with E-state index in [-0.39, 0.29) is 11.3 Å². The number of ether oxygens (including phenoxy) is 3. The molecular weight excluding hydrogens is 412 g/mol. The predicted octanol–water partition coefficient (Wildman–Crippen LogP) is 7.56. The molecule has 5 heteroatoms. The first kappa shape index (κ1) is 20.5. The van der Waals surface area contributed by atoms with Gasteiger partial charge in [-0.1, -0.05) is 54.6 Å². The molecule has 0 N–H and O–H groups in total. The smallest absolute Gasteiger partial charge is 0.338 e. The Balaban J connectivity index is 1.91. The second kappa shape index (κ2) is 8.94. The van der Waals surface area contributed by atoms with Gasteiger partial charge in [0.05, 0.1) is 0 Å². The number of fused-ring (bicyclic) bond motifs is 1. The fourth-order valence-corrected chi connectivity index (χ4v) is 3.16. The van der Waals surface area contributed by atoms with Gasteiger partial charge in [-0.15, -0.1) is 0 Å². The van der Waals surface area contributed by atoms with Gasteiger partial charge < -0.3 is 14.2 Å². The highest BCUT2D eigenvalue weighted by Gasteiger charge is 2.20. The van der Waals surface area contributed by atoms with Gasteiger partial charge >= 0.3 is 5.97 Å². The van der Waals surface area contributed by atoms with Crippen molar-refractivity contribution in [2.75, 3.05) is 0 Å². The van der Waals surface area contributed by atoms with Gasteiger partial charge in [-0.05, 0) is 49.4 Å². The molecule has 0 aliphatic heterocycles. The predicted molar refractivity (Wildman–Crippen MR) is 122 cm³/mol. The molecule has 154 valence electrons. The van der Waals surface area contributed by atoms with E-state index in [1.165, 1.54) is 0 Å². The third kappa shape index (κ3) is 4.71. The van der Waals surface area contributed by atoms with Gasteiger partial charge in [0.1, 0.15) is 17.2 Å². The lowest BCUT2D eigenvalue weighted by atomic mass is 10.1. The number of rotatable bonds is 6. The number of hydrogen-bond donors (Lipinski definition) is 0. The minimum absolute atomic E-state index is 0.268. The van der Waals surface area contributed by atoms with E-state index in [0.29, 0.717) is 38.8 Å². The molecule has 0 spiro atoms. The summed E-state index contributed by atoms with van der Waals surface area (Å²) in [6.45, 7) is 5.26. The summed E-state index contributed by atoms with van der Waals surface area (Å²) < 4.78 is 17.9. The Labute approximate surface area is 185 Å². The number of carbonyl (C=O) groups excluding carboxylic acids is 1. The van der Waals surface area contributed by atoms with E-state index in [1.807, 2.05) is 60.7 Å². The van der Waals surface area contributed by atoms with E-state index < -0.39 is 5.97 Å². The number of para-hydroxylation sites is 2. The molecule has 0 fully saturated rings. The third-order valence-electron chi connectivity index (χ3n) is 4.46. The first-order chi connectivity index (χ1) is 15.0. The van der Waals surface area contributed by atoms with Crippen LogP contribution in [0.15, 0.2) is 97.1 Å². The number of esters is 1. The average Bonchev–Trinajstić information content (AvgIpc) is 2.77. The maximum atomic E-state index is 12.4. The van der Waals surface area contributed by atoms with E-state index in [1.54, 1.807) is 31.2 Å². The van der Waals surface area contributed by atoms with Crippen molar-refractivity contribution in [1.29, 1.82) is 0 Å². The molecule has 0 saturated carbocycles. The molecule has 4 nitrogen and oxygen atoms in total. The van der Waals surface area contributed by atoms with Gasteiger partial charge in [-0.25, -0.2) is 4.79 Å². The van der Waals surface area contributed by atoms with Crippen LogP contribution in [-0.2, 0) is 4.79 Å². The van der Waals surface area contributed by atoms with E-state index in [4.69, 9.17) is 25.8 Å². The van der Waals surface area contributed by atoms with Crippen LogP contribution < -0.4 is 14.2 Å². The summed E-state index contributed by atoms with van der Waals surface area (Å²) in [7, 11) is 0. The van der Waals surface area contributed by atoms with E-state index >= 15 is 0 Å². The van der Waals surface area contributed by atoms with Gasteiger partial charge in [0.15, 0.2) is 11.5 Å². The number of hydrogen-bond acceptors (Lipinski definition) is 4. The Morgan fingerprint density at radius 2 is 1.35 bits per heavy atom. The minimum atomic E-state index is -0.550. The van der Waals surface area contributed by atoms with Crippen LogP contribution in [-0.4, -0.2) is 5.97 Å². The maximum Gasteiger partial charge on any atom is 0.338 e. The van der Waals surface area contributed by atoms with Crippen molar-refractivity contribution in [3.05, 3.63) is 102 Å². The van der Waals surface area contributed by atoms with Crippen molar-refractivity contribution in [2.24, 2.45) is 0 Å². The molecule has 0 saturated heterocycles. The normalized spacial score (nSPS) is 10.5. The number of benzene rings is 4. The van der Waals surface area contributed by atoms with Crippen molar-refractivity contribution >= 4 is 28.3 Å². The van der Waals surface area contributed by atoms with Gasteiger partial charge in [0, 0.05) is 27.4 Å². The lowest BCUT2D eigenvalue weighted by Gasteiger charge is -2.17. The van der Waals surface area contributed by atoms with Crippen molar-refractivity contribution in [2.45, 2.75) is 6.92 Å². The summed E-state index contributed by atoms with van der Waals surface area (Å²) in [6.07, 6.45) is 0. The van der Waals surface area contributed by atoms with Crippen LogP contribution >= 0.6 is 11.6 Å². The summed E-state index contributed by atoms with van der Waals surface area (Å²) in [5.41, 5.74) is 0.275.